The number of nitrogens with zero attached hydrogens (tertiary/aromatic N) is 2. The van der Waals surface area contributed by atoms with E-state index >= 15 is 0 Å². The van der Waals surface area contributed by atoms with Crippen LogP contribution in [-0.4, -0.2) is 22.4 Å². The third kappa shape index (κ3) is 3.87. The van der Waals surface area contributed by atoms with Crippen LogP contribution in [0.25, 0.3) is 0 Å². The molecule has 0 amide bonds. The number of benzene rings is 1. The van der Waals surface area contributed by atoms with E-state index in [4.69, 9.17) is 9.47 Å². The van der Waals surface area contributed by atoms with Gasteiger partial charge in [0, 0.05) is 18.3 Å². The lowest BCUT2D eigenvalue weighted by atomic mass is 10.1. The normalized spacial score (nSPS) is 10.5. The molecule has 0 atom stereocenters. The van der Waals surface area contributed by atoms with Gasteiger partial charge in [-0.2, -0.15) is 5.10 Å². The summed E-state index contributed by atoms with van der Waals surface area (Å²) in [6, 6.07) is 7.09. The van der Waals surface area contributed by atoms with Gasteiger partial charge in [0.25, 0.3) is 0 Å². The van der Waals surface area contributed by atoms with Crippen LogP contribution in [0.3, 0.4) is 0 Å². The van der Waals surface area contributed by atoms with E-state index in [1.54, 1.807) is 28.9 Å². The fraction of sp³-hybridized carbons (Fsp3) is 0.412. The molecule has 1 heterocycles. The highest BCUT2D eigenvalue weighted by atomic mass is 16.5. The summed E-state index contributed by atoms with van der Waals surface area (Å²) in [7, 11) is 1.87. The van der Waals surface area contributed by atoms with Crippen molar-refractivity contribution in [3.05, 3.63) is 41.2 Å². The maximum Gasteiger partial charge on any atom is 0.315 e. The summed E-state index contributed by atoms with van der Waals surface area (Å²) in [5.74, 6) is 1.01. The lowest BCUT2D eigenvalue weighted by Gasteiger charge is -2.07. The molecule has 0 aliphatic rings. The molecular formula is C17H22N2O3. The van der Waals surface area contributed by atoms with E-state index in [0.717, 1.165) is 29.1 Å². The number of rotatable bonds is 6. The summed E-state index contributed by atoms with van der Waals surface area (Å²) in [4.78, 5) is 12.1. The Labute approximate surface area is 130 Å². The third-order valence-electron chi connectivity index (χ3n) is 3.51. The monoisotopic (exact) mass is 302 g/mol. The molecule has 0 unspecified atom stereocenters. The standard InChI is InChI=1S/C17H22N2O3/c1-5-10-21-14-6-8-15(9-7-14)22-17(20)11-16-12(2)18-19(4)13(16)3/h6-9H,5,10-11H2,1-4H3. The summed E-state index contributed by atoms with van der Waals surface area (Å²) < 4.78 is 12.6. The van der Waals surface area contributed by atoms with Crippen molar-refractivity contribution in [2.24, 2.45) is 7.05 Å². The Balaban J connectivity index is 1.97. The molecular weight excluding hydrogens is 280 g/mol. The average molecular weight is 302 g/mol. The molecule has 0 aliphatic heterocycles. The first-order valence-electron chi connectivity index (χ1n) is 7.44. The predicted octanol–water partition coefficient (Wildman–Crippen LogP) is 2.97. The molecule has 0 spiro atoms. The first kappa shape index (κ1) is 16.1. The van der Waals surface area contributed by atoms with Gasteiger partial charge in [-0.3, -0.25) is 9.48 Å². The minimum Gasteiger partial charge on any atom is -0.494 e. The van der Waals surface area contributed by atoms with Gasteiger partial charge in [0.05, 0.1) is 18.7 Å². The van der Waals surface area contributed by atoms with Crippen molar-refractivity contribution in [2.75, 3.05) is 6.61 Å². The Morgan fingerprint density at radius 1 is 1.18 bits per heavy atom. The number of esters is 1. The van der Waals surface area contributed by atoms with Crippen molar-refractivity contribution in [1.29, 1.82) is 0 Å². The molecule has 0 saturated heterocycles. The van der Waals surface area contributed by atoms with Crippen LogP contribution in [-0.2, 0) is 18.3 Å². The van der Waals surface area contributed by atoms with Gasteiger partial charge < -0.3 is 9.47 Å². The molecule has 2 aromatic rings. The van der Waals surface area contributed by atoms with E-state index in [2.05, 4.69) is 12.0 Å². The summed E-state index contributed by atoms with van der Waals surface area (Å²) in [5.41, 5.74) is 2.77. The molecule has 0 aliphatic carbocycles. The molecule has 1 aromatic carbocycles. The highest BCUT2D eigenvalue weighted by Gasteiger charge is 2.15. The summed E-state index contributed by atoms with van der Waals surface area (Å²) in [6.45, 7) is 6.58. The molecule has 5 nitrogen and oxygen atoms in total. The fourth-order valence-corrected chi connectivity index (χ4v) is 2.21. The van der Waals surface area contributed by atoms with Crippen molar-refractivity contribution < 1.29 is 14.3 Å². The Hall–Kier alpha value is -2.30. The van der Waals surface area contributed by atoms with Gasteiger partial charge in [-0.1, -0.05) is 6.92 Å². The maximum atomic E-state index is 12.1. The number of hydrogen-bond acceptors (Lipinski definition) is 4. The average Bonchev–Trinajstić information content (AvgIpc) is 2.73. The smallest absolute Gasteiger partial charge is 0.315 e. The Bertz CT molecular complexity index is 645. The molecule has 5 heteroatoms. The number of aromatic nitrogens is 2. The van der Waals surface area contributed by atoms with Crippen LogP contribution < -0.4 is 9.47 Å². The minimum atomic E-state index is -0.290. The third-order valence-corrected chi connectivity index (χ3v) is 3.51. The van der Waals surface area contributed by atoms with Crippen molar-refractivity contribution >= 4 is 5.97 Å². The summed E-state index contributed by atoms with van der Waals surface area (Å²) in [6.07, 6.45) is 1.18. The van der Waals surface area contributed by atoms with Crippen molar-refractivity contribution in [3.63, 3.8) is 0 Å². The number of carbonyl (C=O) groups excluding carboxylic acids is 1. The number of ether oxygens (including phenoxy) is 2. The predicted molar refractivity (Wildman–Crippen MR) is 84.2 cm³/mol. The molecule has 2 rings (SSSR count). The van der Waals surface area contributed by atoms with Gasteiger partial charge in [0.1, 0.15) is 11.5 Å². The molecule has 0 fully saturated rings. The molecule has 1 aromatic heterocycles. The lowest BCUT2D eigenvalue weighted by molar-refractivity contribution is -0.133. The lowest BCUT2D eigenvalue weighted by Crippen LogP contribution is -2.12. The van der Waals surface area contributed by atoms with Crippen LogP contribution in [0, 0.1) is 13.8 Å². The van der Waals surface area contributed by atoms with Crippen LogP contribution in [0.4, 0.5) is 0 Å². The largest absolute Gasteiger partial charge is 0.494 e. The highest BCUT2D eigenvalue weighted by molar-refractivity contribution is 5.75. The molecule has 0 radical (unpaired) electrons. The van der Waals surface area contributed by atoms with E-state index in [-0.39, 0.29) is 12.4 Å². The van der Waals surface area contributed by atoms with Crippen LogP contribution in [0.1, 0.15) is 30.3 Å². The second kappa shape index (κ2) is 7.11. The minimum absolute atomic E-state index is 0.222. The van der Waals surface area contributed by atoms with Crippen LogP contribution in [0.2, 0.25) is 0 Å². The van der Waals surface area contributed by atoms with Gasteiger partial charge >= 0.3 is 5.97 Å². The second-order valence-corrected chi connectivity index (χ2v) is 5.24. The zero-order valence-corrected chi connectivity index (χ0v) is 13.5. The van der Waals surface area contributed by atoms with Crippen molar-refractivity contribution in [1.82, 2.24) is 9.78 Å². The zero-order valence-electron chi connectivity index (χ0n) is 13.5. The quantitative estimate of drug-likeness (QED) is 0.608. The summed E-state index contributed by atoms with van der Waals surface area (Å²) >= 11 is 0. The number of carbonyl (C=O) groups is 1. The van der Waals surface area contributed by atoms with Crippen LogP contribution in [0.5, 0.6) is 11.5 Å². The van der Waals surface area contributed by atoms with Crippen molar-refractivity contribution in [2.45, 2.75) is 33.6 Å². The Morgan fingerprint density at radius 3 is 2.36 bits per heavy atom. The molecule has 0 saturated carbocycles. The number of hydrogen-bond donors (Lipinski definition) is 0. The van der Waals surface area contributed by atoms with E-state index < -0.39 is 0 Å². The first-order valence-corrected chi connectivity index (χ1v) is 7.44. The molecule has 22 heavy (non-hydrogen) atoms. The number of aryl methyl sites for hydroxylation is 2. The molecule has 118 valence electrons. The van der Waals surface area contributed by atoms with E-state index in [0.29, 0.717) is 12.4 Å². The van der Waals surface area contributed by atoms with Gasteiger partial charge in [0.15, 0.2) is 0 Å². The van der Waals surface area contributed by atoms with Gasteiger partial charge in [-0.15, -0.1) is 0 Å². The van der Waals surface area contributed by atoms with Crippen molar-refractivity contribution in [3.8, 4) is 11.5 Å². The zero-order chi connectivity index (χ0) is 16.1. The van der Waals surface area contributed by atoms with Crippen LogP contribution in [0.15, 0.2) is 24.3 Å². The maximum absolute atomic E-state index is 12.1. The van der Waals surface area contributed by atoms with E-state index in [9.17, 15) is 4.79 Å². The molecule has 0 bridgehead atoms. The van der Waals surface area contributed by atoms with E-state index in [1.165, 1.54) is 0 Å². The summed E-state index contributed by atoms with van der Waals surface area (Å²) in [5, 5.41) is 4.30. The Kier molecular flexibility index (Phi) is 5.20. The van der Waals surface area contributed by atoms with Gasteiger partial charge in [-0.05, 0) is 44.5 Å². The molecule has 0 N–H and O–H groups in total. The van der Waals surface area contributed by atoms with Crippen LogP contribution >= 0.6 is 0 Å². The Morgan fingerprint density at radius 2 is 1.82 bits per heavy atom. The topological polar surface area (TPSA) is 53.4 Å². The van der Waals surface area contributed by atoms with Gasteiger partial charge in [0.2, 0.25) is 0 Å². The first-order chi connectivity index (χ1) is 10.5. The van der Waals surface area contributed by atoms with Gasteiger partial charge in [-0.25, -0.2) is 0 Å². The SMILES string of the molecule is CCCOc1ccc(OC(=O)Cc2c(C)nn(C)c2C)cc1. The fourth-order valence-electron chi connectivity index (χ4n) is 2.21. The highest BCUT2D eigenvalue weighted by Crippen LogP contribution is 2.19. The van der Waals surface area contributed by atoms with E-state index in [1.807, 2.05) is 20.9 Å². The second-order valence-electron chi connectivity index (χ2n) is 5.24.